The van der Waals surface area contributed by atoms with Crippen molar-refractivity contribution in [1.29, 1.82) is 0 Å². The van der Waals surface area contributed by atoms with Gasteiger partial charge in [-0.3, -0.25) is 0 Å². The van der Waals surface area contributed by atoms with Crippen LogP contribution in [0.2, 0.25) is 0 Å². The lowest BCUT2D eigenvalue weighted by molar-refractivity contribution is 0.231. The van der Waals surface area contributed by atoms with Gasteiger partial charge in [0.25, 0.3) is 0 Å². The van der Waals surface area contributed by atoms with Crippen molar-refractivity contribution in [3.05, 3.63) is 17.9 Å². The van der Waals surface area contributed by atoms with Crippen LogP contribution in [0.25, 0.3) is 0 Å². The molecule has 0 atom stereocenters. The molecule has 0 saturated carbocycles. The van der Waals surface area contributed by atoms with Gasteiger partial charge in [0.05, 0.1) is 17.5 Å². The summed E-state index contributed by atoms with van der Waals surface area (Å²) in [7, 11) is 0. The third kappa shape index (κ3) is 3.79. The van der Waals surface area contributed by atoms with E-state index >= 15 is 0 Å². The van der Waals surface area contributed by atoms with E-state index in [2.05, 4.69) is 19.2 Å². The summed E-state index contributed by atoms with van der Waals surface area (Å²) in [5, 5.41) is 3.32. The summed E-state index contributed by atoms with van der Waals surface area (Å²) in [5.74, 6) is -0.177. The number of hydrogen-bond acceptors (Lipinski definition) is 3. The number of anilines is 2. The summed E-state index contributed by atoms with van der Waals surface area (Å²) in [6, 6.07) is 3.29. The zero-order valence-corrected chi connectivity index (χ0v) is 11.6. The number of halogens is 1. The average molecular weight is 254 g/mol. The van der Waals surface area contributed by atoms with Gasteiger partial charge in [-0.15, -0.1) is 0 Å². The fourth-order valence-electron chi connectivity index (χ4n) is 1.75. The van der Waals surface area contributed by atoms with Gasteiger partial charge in [-0.2, -0.15) is 0 Å². The van der Waals surface area contributed by atoms with Crippen molar-refractivity contribution in [1.82, 2.24) is 0 Å². The van der Waals surface area contributed by atoms with Crippen LogP contribution in [-0.4, -0.2) is 12.1 Å². The smallest absolute Gasteiger partial charge is 0.167 e. The maximum Gasteiger partial charge on any atom is 0.167 e. The lowest BCUT2D eigenvalue weighted by Crippen LogP contribution is -2.18. The van der Waals surface area contributed by atoms with Crippen LogP contribution in [0.1, 0.15) is 40.5 Å². The lowest BCUT2D eigenvalue weighted by atomic mass is 10.1. The first-order valence-corrected chi connectivity index (χ1v) is 6.50. The van der Waals surface area contributed by atoms with E-state index < -0.39 is 5.82 Å². The number of rotatable bonds is 6. The number of hydrogen-bond donors (Lipinski definition) is 2. The minimum Gasteiger partial charge on any atom is -0.488 e. The molecule has 0 amide bonds. The van der Waals surface area contributed by atoms with E-state index in [9.17, 15) is 4.39 Å². The molecule has 0 saturated heterocycles. The predicted molar refractivity (Wildman–Crippen MR) is 74.6 cm³/mol. The van der Waals surface area contributed by atoms with Crippen molar-refractivity contribution in [2.75, 3.05) is 11.1 Å². The molecule has 0 aromatic heterocycles. The Bertz CT molecular complexity index is 390. The molecule has 1 aromatic rings. The average Bonchev–Trinajstić information content (AvgIpc) is 2.30. The molecular formula is C14H23FN2O. The third-order valence-electron chi connectivity index (χ3n) is 2.81. The minimum atomic E-state index is -0.420. The molecule has 4 heteroatoms. The standard InChI is InChI=1S/C14H23FN2O/c1-5-10(6-2)17-13-8-14(18-9(3)4)11(15)7-12(13)16/h7-10,17H,5-6,16H2,1-4H3. The SMILES string of the molecule is CCC(CC)Nc1cc(OC(C)C)c(F)cc1N. The highest BCUT2D eigenvalue weighted by Gasteiger charge is 2.12. The Morgan fingerprint density at radius 3 is 2.39 bits per heavy atom. The summed E-state index contributed by atoms with van der Waals surface area (Å²) in [6.45, 7) is 7.94. The predicted octanol–water partition coefficient (Wildman–Crippen LogP) is 3.80. The summed E-state index contributed by atoms with van der Waals surface area (Å²) in [4.78, 5) is 0. The summed E-state index contributed by atoms with van der Waals surface area (Å²) in [6.07, 6.45) is 1.92. The third-order valence-corrected chi connectivity index (χ3v) is 2.81. The highest BCUT2D eigenvalue weighted by molar-refractivity contribution is 5.69. The van der Waals surface area contributed by atoms with Crippen molar-refractivity contribution in [3.8, 4) is 5.75 Å². The Morgan fingerprint density at radius 1 is 1.28 bits per heavy atom. The first-order valence-electron chi connectivity index (χ1n) is 6.50. The molecule has 1 aromatic carbocycles. The van der Waals surface area contributed by atoms with Gasteiger partial charge in [-0.05, 0) is 26.7 Å². The van der Waals surface area contributed by atoms with E-state index in [1.807, 2.05) is 13.8 Å². The van der Waals surface area contributed by atoms with E-state index in [0.717, 1.165) is 18.5 Å². The van der Waals surface area contributed by atoms with Crippen molar-refractivity contribution in [2.24, 2.45) is 0 Å². The van der Waals surface area contributed by atoms with Gasteiger partial charge in [-0.1, -0.05) is 13.8 Å². The molecule has 3 N–H and O–H groups in total. The molecule has 102 valence electrons. The van der Waals surface area contributed by atoms with Crippen molar-refractivity contribution in [2.45, 2.75) is 52.7 Å². The molecule has 0 aliphatic heterocycles. The molecule has 0 unspecified atom stereocenters. The first-order chi connectivity index (χ1) is 8.47. The first kappa shape index (κ1) is 14.6. The van der Waals surface area contributed by atoms with Crippen LogP contribution >= 0.6 is 0 Å². The Morgan fingerprint density at radius 2 is 1.89 bits per heavy atom. The quantitative estimate of drug-likeness (QED) is 0.759. The van der Waals surface area contributed by atoms with Gasteiger partial charge >= 0.3 is 0 Å². The van der Waals surface area contributed by atoms with E-state index in [4.69, 9.17) is 10.5 Å². The molecule has 0 fully saturated rings. The van der Waals surface area contributed by atoms with Crippen LogP contribution in [0.5, 0.6) is 5.75 Å². The molecule has 0 aliphatic carbocycles. The van der Waals surface area contributed by atoms with Crippen LogP contribution in [-0.2, 0) is 0 Å². The zero-order chi connectivity index (χ0) is 13.7. The second-order valence-corrected chi connectivity index (χ2v) is 4.69. The molecule has 3 nitrogen and oxygen atoms in total. The highest BCUT2D eigenvalue weighted by Crippen LogP contribution is 2.29. The number of benzene rings is 1. The van der Waals surface area contributed by atoms with Crippen LogP contribution < -0.4 is 15.8 Å². The lowest BCUT2D eigenvalue weighted by Gasteiger charge is -2.19. The van der Waals surface area contributed by atoms with Crippen molar-refractivity contribution >= 4 is 11.4 Å². The van der Waals surface area contributed by atoms with E-state index in [1.54, 1.807) is 6.07 Å². The van der Waals surface area contributed by atoms with Gasteiger partial charge in [-0.25, -0.2) is 4.39 Å². The number of nitrogens with two attached hydrogens (primary N) is 1. The van der Waals surface area contributed by atoms with Crippen molar-refractivity contribution in [3.63, 3.8) is 0 Å². The van der Waals surface area contributed by atoms with Crippen LogP contribution in [0.4, 0.5) is 15.8 Å². The van der Waals surface area contributed by atoms with Gasteiger partial charge in [0.2, 0.25) is 0 Å². The molecule has 1 rings (SSSR count). The van der Waals surface area contributed by atoms with Gasteiger partial charge in [0, 0.05) is 18.2 Å². The van der Waals surface area contributed by atoms with Crippen molar-refractivity contribution < 1.29 is 9.13 Å². The van der Waals surface area contributed by atoms with Gasteiger partial charge in [0.1, 0.15) is 0 Å². The van der Waals surface area contributed by atoms with Gasteiger partial charge < -0.3 is 15.8 Å². The number of nitrogen functional groups attached to an aromatic ring is 1. The summed E-state index contributed by atoms with van der Waals surface area (Å²) < 4.78 is 19.1. The molecule has 0 radical (unpaired) electrons. The molecule has 0 bridgehead atoms. The van der Waals surface area contributed by atoms with E-state index in [1.165, 1.54) is 6.07 Å². The van der Waals surface area contributed by atoms with E-state index in [0.29, 0.717) is 11.7 Å². The summed E-state index contributed by atoms with van der Waals surface area (Å²) in [5.41, 5.74) is 6.97. The van der Waals surface area contributed by atoms with E-state index in [-0.39, 0.29) is 11.9 Å². The fourth-order valence-corrected chi connectivity index (χ4v) is 1.75. The Labute approximate surface area is 109 Å². The second kappa shape index (κ2) is 6.47. The molecule has 18 heavy (non-hydrogen) atoms. The molecule has 0 aliphatic rings. The van der Waals surface area contributed by atoms with Crippen LogP contribution in [0.15, 0.2) is 12.1 Å². The number of nitrogens with one attached hydrogen (secondary N) is 1. The normalized spacial score (nSPS) is 11.1. The topological polar surface area (TPSA) is 47.3 Å². The highest BCUT2D eigenvalue weighted by atomic mass is 19.1. The Kier molecular flexibility index (Phi) is 5.25. The zero-order valence-electron chi connectivity index (χ0n) is 11.6. The molecular weight excluding hydrogens is 231 g/mol. The van der Waals surface area contributed by atoms with Crippen LogP contribution in [0, 0.1) is 5.82 Å². The maximum atomic E-state index is 13.7. The second-order valence-electron chi connectivity index (χ2n) is 4.69. The Hall–Kier alpha value is -1.45. The largest absolute Gasteiger partial charge is 0.488 e. The summed E-state index contributed by atoms with van der Waals surface area (Å²) >= 11 is 0. The minimum absolute atomic E-state index is 0.0656. The number of ether oxygens (including phenoxy) is 1. The van der Waals surface area contributed by atoms with Crippen LogP contribution in [0.3, 0.4) is 0 Å². The molecule has 0 heterocycles. The Balaban J connectivity index is 2.97. The monoisotopic (exact) mass is 254 g/mol. The maximum absolute atomic E-state index is 13.7. The fraction of sp³-hybridized carbons (Fsp3) is 0.571. The molecule has 0 spiro atoms. The van der Waals surface area contributed by atoms with Gasteiger partial charge in [0.15, 0.2) is 11.6 Å².